The Balaban J connectivity index is 1.63. The molecule has 2 N–H and O–H groups in total. The van der Waals surface area contributed by atoms with E-state index in [1.165, 1.54) is 14.2 Å². The molecular weight excluding hydrogens is 300 g/mol. The van der Waals surface area contributed by atoms with Crippen LogP contribution in [0.15, 0.2) is 16.9 Å². The molecule has 6 heteroatoms. The smallest absolute Gasteiger partial charge is 0.137 e. The number of aromatic amines is 1. The molecule has 0 aliphatic carbocycles. The van der Waals surface area contributed by atoms with Crippen molar-refractivity contribution in [1.29, 1.82) is 0 Å². The van der Waals surface area contributed by atoms with Crippen LogP contribution in [0.3, 0.4) is 0 Å². The molecule has 2 aromatic heterocycles. The molecule has 0 amide bonds. The SMILES string of the molecule is Cc1sc(CNCCCc2ncn[nH]2)cc1Br. The van der Waals surface area contributed by atoms with Gasteiger partial charge in [-0.1, -0.05) is 0 Å². The Morgan fingerprint density at radius 3 is 3.06 bits per heavy atom. The second-order valence-electron chi connectivity index (χ2n) is 3.83. The molecule has 0 aliphatic rings. The van der Waals surface area contributed by atoms with Gasteiger partial charge in [-0.25, -0.2) is 4.98 Å². The Hall–Kier alpha value is -0.720. The molecule has 0 radical (unpaired) electrons. The number of aromatic nitrogens is 3. The van der Waals surface area contributed by atoms with Gasteiger partial charge in [-0.3, -0.25) is 5.10 Å². The third-order valence-corrected chi connectivity index (χ3v) is 4.58. The van der Waals surface area contributed by atoms with Crippen LogP contribution in [0.1, 0.15) is 22.0 Å². The molecule has 2 rings (SSSR count). The summed E-state index contributed by atoms with van der Waals surface area (Å²) >= 11 is 5.36. The van der Waals surface area contributed by atoms with Gasteiger partial charge in [0, 0.05) is 27.2 Å². The first-order valence-electron chi connectivity index (χ1n) is 5.55. The van der Waals surface area contributed by atoms with Gasteiger partial charge in [0.1, 0.15) is 12.2 Å². The Labute approximate surface area is 113 Å². The van der Waals surface area contributed by atoms with Crippen LogP contribution in [0.5, 0.6) is 0 Å². The fourth-order valence-corrected chi connectivity index (χ4v) is 3.12. The van der Waals surface area contributed by atoms with Gasteiger partial charge >= 0.3 is 0 Å². The van der Waals surface area contributed by atoms with E-state index < -0.39 is 0 Å². The Morgan fingerprint density at radius 2 is 2.41 bits per heavy atom. The van der Waals surface area contributed by atoms with Crippen LogP contribution in [0.25, 0.3) is 0 Å². The molecule has 0 unspecified atom stereocenters. The summed E-state index contributed by atoms with van der Waals surface area (Å²) in [5, 5.41) is 10.1. The molecular formula is C11H15BrN4S. The van der Waals surface area contributed by atoms with Crippen molar-refractivity contribution in [2.45, 2.75) is 26.3 Å². The van der Waals surface area contributed by atoms with Crippen molar-refractivity contribution in [3.05, 3.63) is 32.4 Å². The first kappa shape index (κ1) is 12.7. The lowest BCUT2D eigenvalue weighted by molar-refractivity contribution is 0.644. The van der Waals surface area contributed by atoms with Crippen LogP contribution in [0, 0.1) is 6.92 Å². The lowest BCUT2D eigenvalue weighted by Crippen LogP contribution is -2.14. The number of hydrogen-bond donors (Lipinski definition) is 2. The highest BCUT2D eigenvalue weighted by molar-refractivity contribution is 9.10. The maximum Gasteiger partial charge on any atom is 0.137 e. The fourth-order valence-electron chi connectivity index (χ4n) is 1.55. The minimum absolute atomic E-state index is 0.938. The Kier molecular flexibility index (Phi) is 4.70. The zero-order valence-electron chi connectivity index (χ0n) is 9.66. The number of thiophene rings is 1. The minimum Gasteiger partial charge on any atom is -0.312 e. The molecule has 0 atom stereocenters. The van der Waals surface area contributed by atoms with Gasteiger partial charge in [0.25, 0.3) is 0 Å². The predicted octanol–water partition coefficient (Wildman–Crippen LogP) is 2.66. The van der Waals surface area contributed by atoms with Crippen molar-refractivity contribution in [2.75, 3.05) is 6.54 Å². The van der Waals surface area contributed by atoms with Crippen LogP contribution < -0.4 is 5.32 Å². The van der Waals surface area contributed by atoms with Gasteiger partial charge in [0.15, 0.2) is 0 Å². The van der Waals surface area contributed by atoms with E-state index in [4.69, 9.17) is 0 Å². The molecule has 0 fully saturated rings. The third kappa shape index (κ3) is 3.90. The number of nitrogens with one attached hydrogen (secondary N) is 2. The lowest BCUT2D eigenvalue weighted by atomic mass is 10.3. The van der Waals surface area contributed by atoms with E-state index in [1.807, 2.05) is 11.3 Å². The summed E-state index contributed by atoms with van der Waals surface area (Å²) in [6.45, 7) is 4.06. The molecule has 92 valence electrons. The van der Waals surface area contributed by atoms with Crippen LogP contribution in [0.4, 0.5) is 0 Å². The topological polar surface area (TPSA) is 53.6 Å². The molecule has 17 heavy (non-hydrogen) atoms. The summed E-state index contributed by atoms with van der Waals surface area (Å²) in [7, 11) is 0. The standard InChI is InChI=1S/C11H15BrN4S/c1-8-10(12)5-9(17-8)6-13-4-2-3-11-14-7-15-16-11/h5,7,13H,2-4,6H2,1H3,(H,14,15,16). The molecule has 0 aromatic carbocycles. The van der Waals surface area contributed by atoms with Crippen molar-refractivity contribution >= 4 is 27.3 Å². The van der Waals surface area contributed by atoms with Crippen LogP contribution in [-0.2, 0) is 13.0 Å². The molecule has 2 heterocycles. The van der Waals surface area contributed by atoms with E-state index in [2.05, 4.69) is 49.4 Å². The highest BCUT2D eigenvalue weighted by atomic mass is 79.9. The van der Waals surface area contributed by atoms with Gasteiger partial charge in [-0.05, 0) is 41.9 Å². The zero-order valence-corrected chi connectivity index (χ0v) is 12.1. The van der Waals surface area contributed by atoms with Gasteiger partial charge in [-0.2, -0.15) is 5.10 Å². The summed E-state index contributed by atoms with van der Waals surface area (Å²) in [5.41, 5.74) is 0. The maximum absolute atomic E-state index is 4.09. The second-order valence-corrected chi connectivity index (χ2v) is 6.02. The number of halogens is 1. The van der Waals surface area contributed by atoms with Crippen LogP contribution in [-0.4, -0.2) is 21.7 Å². The van der Waals surface area contributed by atoms with E-state index in [1.54, 1.807) is 6.33 Å². The maximum atomic E-state index is 4.09. The van der Waals surface area contributed by atoms with Gasteiger partial charge in [0.2, 0.25) is 0 Å². The van der Waals surface area contributed by atoms with Crippen molar-refractivity contribution in [1.82, 2.24) is 20.5 Å². The van der Waals surface area contributed by atoms with Crippen LogP contribution >= 0.6 is 27.3 Å². The quantitative estimate of drug-likeness (QED) is 0.806. The molecule has 0 bridgehead atoms. The number of aryl methyl sites for hydroxylation is 2. The van der Waals surface area contributed by atoms with E-state index in [0.717, 1.165) is 31.8 Å². The van der Waals surface area contributed by atoms with E-state index in [0.29, 0.717) is 0 Å². The van der Waals surface area contributed by atoms with Gasteiger partial charge < -0.3 is 5.32 Å². The van der Waals surface area contributed by atoms with Crippen LogP contribution in [0.2, 0.25) is 0 Å². The van der Waals surface area contributed by atoms with E-state index in [-0.39, 0.29) is 0 Å². The summed E-state index contributed by atoms with van der Waals surface area (Å²) in [6, 6.07) is 2.18. The Morgan fingerprint density at radius 1 is 1.53 bits per heavy atom. The third-order valence-electron chi connectivity index (χ3n) is 2.44. The normalized spacial score (nSPS) is 10.9. The number of nitrogens with zero attached hydrogens (tertiary/aromatic N) is 2. The van der Waals surface area contributed by atoms with Crippen molar-refractivity contribution < 1.29 is 0 Å². The number of rotatable bonds is 6. The minimum atomic E-state index is 0.938. The first-order chi connectivity index (χ1) is 8.25. The Bertz CT molecular complexity index is 432. The zero-order chi connectivity index (χ0) is 12.1. The lowest BCUT2D eigenvalue weighted by Gasteiger charge is -2.01. The monoisotopic (exact) mass is 314 g/mol. The van der Waals surface area contributed by atoms with Crippen molar-refractivity contribution in [2.24, 2.45) is 0 Å². The summed E-state index contributed by atoms with van der Waals surface area (Å²) < 4.78 is 1.21. The largest absolute Gasteiger partial charge is 0.312 e. The average Bonchev–Trinajstić information content (AvgIpc) is 2.90. The predicted molar refractivity (Wildman–Crippen MR) is 73.2 cm³/mol. The second kappa shape index (κ2) is 6.28. The molecule has 4 nitrogen and oxygen atoms in total. The highest BCUT2D eigenvalue weighted by Crippen LogP contribution is 2.25. The van der Waals surface area contributed by atoms with Gasteiger partial charge in [-0.15, -0.1) is 11.3 Å². The summed E-state index contributed by atoms with van der Waals surface area (Å²) in [4.78, 5) is 6.79. The average molecular weight is 315 g/mol. The first-order valence-corrected chi connectivity index (χ1v) is 7.16. The summed E-state index contributed by atoms with van der Waals surface area (Å²) in [5.74, 6) is 0.960. The molecule has 2 aromatic rings. The van der Waals surface area contributed by atoms with Gasteiger partial charge in [0.05, 0.1) is 0 Å². The molecule has 0 saturated heterocycles. The summed E-state index contributed by atoms with van der Waals surface area (Å²) in [6.07, 6.45) is 3.57. The molecule has 0 saturated carbocycles. The number of H-pyrrole nitrogens is 1. The molecule has 0 aliphatic heterocycles. The van der Waals surface area contributed by atoms with Crippen molar-refractivity contribution in [3.63, 3.8) is 0 Å². The van der Waals surface area contributed by atoms with E-state index >= 15 is 0 Å². The fraction of sp³-hybridized carbons (Fsp3) is 0.455. The highest BCUT2D eigenvalue weighted by Gasteiger charge is 2.02. The molecule has 0 spiro atoms. The van der Waals surface area contributed by atoms with E-state index in [9.17, 15) is 0 Å². The van der Waals surface area contributed by atoms with Crippen molar-refractivity contribution in [3.8, 4) is 0 Å². The number of hydrogen-bond acceptors (Lipinski definition) is 4.